The molecule has 0 atom stereocenters. The van der Waals surface area contributed by atoms with Crippen LogP contribution in [0.2, 0.25) is 10.0 Å². The highest BCUT2D eigenvalue weighted by molar-refractivity contribution is 7.90. The Kier molecular flexibility index (Phi) is 4.62. The standard InChI is InChI=1S/C22H14Cl2N4O2S/c23-15-5-6-18(24)21(11-15)31(29,30)28-9-8-17-16(2-1-3-20(17)28)13-4-7-19-14(10-13)12-26-22(25)27-19/h1-12H,(H2,25,26,27). The molecule has 2 N–H and O–H groups in total. The largest absolute Gasteiger partial charge is 0.368 e. The van der Waals surface area contributed by atoms with Gasteiger partial charge in [0.2, 0.25) is 5.95 Å². The van der Waals surface area contributed by atoms with Crippen LogP contribution >= 0.6 is 23.2 Å². The second-order valence-corrected chi connectivity index (χ2v) is 9.56. The van der Waals surface area contributed by atoms with E-state index < -0.39 is 10.0 Å². The number of nitrogens with zero attached hydrogens (tertiary/aromatic N) is 3. The van der Waals surface area contributed by atoms with Crippen molar-refractivity contribution in [3.63, 3.8) is 0 Å². The van der Waals surface area contributed by atoms with Gasteiger partial charge in [-0.15, -0.1) is 0 Å². The Morgan fingerprint density at radius 2 is 1.81 bits per heavy atom. The number of nitrogen functional groups attached to an aromatic ring is 1. The molecule has 0 amide bonds. The molecule has 0 aliphatic rings. The summed E-state index contributed by atoms with van der Waals surface area (Å²) in [5.74, 6) is 0.212. The van der Waals surface area contributed by atoms with Gasteiger partial charge in [0.15, 0.2) is 0 Å². The zero-order chi connectivity index (χ0) is 21.8. The van der Waals surface area contributed by atoms with E-state index >= 15 is 0 Å². The molecule has 0 aliphatic carbocycles. The summed E-state index contributed by atoms with van der Waals surface area (Å²) in [6.45, 7) is 0. The highest BCUT2D eigenvalue weighted by atomic mass is 35.5. The number of benzene rings is 3. The minimum atomic E-state index is -3.95. The number of hydrogen-bond acceptors (Lipinski definition) is 5. The number of aromatic nitrogens is 3. The van der Waals surface area contributed by atoms with Crippen LogP contribution in [0.5, 0.6) is 0 Å². The molecule has 6 nitrogen and oxygen atoms in total. The fraction of sp³-hybridized carbons (Fsp3) is 0. The van der Waals surface area contributed by atoms with Crippen molar-refractivity contribution in [2.45, 2.75) is 4.90 Å². The first-order valence-corrected chi connectivity index (χ1v) is 11.4. The summed E-state index contributed by atoms with van der Waals surface area (Å²) in [5.41, 5.74) is 8.71. The maximum Gasteiger partial charge on any atom is 0.269 e. The second-order valence-electron chi connectivity index (χ2n) is 6.93. The van der Waals surface area contributed by atoms with Crippen LogP contribution in [0.15, 0.2) is 78.0 Å². The summed E-state index contributed by atoms with van der Waals surface area (Å²) in [4.78, 5) is 8.22. The minimum Gasteiger partial charge on any atom is -0.368 e. The molecule has 31 heavy (non-hydrogen) atoms. The van der Waals surface area contributed by atoms with Gasteiger partial charge in [-0.05, 0) is 53.6 Å². The topological polar surface area (TPSA) is 90.9 Å². The van der Waals surface area contributed by atoms with Crippen LogP contribution < -0.4 is 5.73 Å². The van der Waals surface area contributed by atoms with Gasteiger partial charge in [-0.1, -0.05) is 41.4 Å². The first-order valence-electron chi connectivity index (χ1n) is 9.18. The average Bonchev–Trinajstić information content (AvgIpc) is 3.20. The van der Waals surface area contributed by atoms with E-state index in [9.17, 15) is 8.42 Å². The zero-order valence-electron chi connectivity index (χ0n) is 15.8. The molecule has 0 saturated heterocycles. The van der Waals surface area contributed by atoms with Gasteiger partial charge in [-0.25, -0.2) is 22.4 Å². The Bertz CT molecular complexity index is 1600. The number of fused-ring (bicyclic) bond motifs is 2. The van der Waals surface area contributed by atoms with Crippen molar-refractivity contribution >= 4 is 61.0 Å². The molecule has 0 spiro atoms. The van der Waals surface area contributed by atoms with E-state index in [4.69, 9.17) is 28.9 Å². The molecule has 2 heterocycles. The molecule has 0 radical (unpaired) electrons. The van der Waals surface area contributed by atoms with Crippen molar-refractivity contribution in [2.75, 3.05) is 5.73 Å². The fourth-order valence-corrected chi connectivity index (χ4v) is 5.69. The van der Waals surface area contributed by atoms with Gasteiger partial charge in [0.1, 0.15) is 4.90 Å². The van der Waals surface area contributed by atoms with Gasteiger partial charge < -0.3 is 5.73 Å². The maximum absolute atomic E-state index is 13.3. The van der Waals surface area contributed by atoms with E-state index in [-0.39, 0.29) is 15.9 Å². The highest BCUT2D eigenvalue weighted by Crippen LogP contribution is 2.34. The lowest BCUT2D eigenvalue weighted by molar-refractivity contribution is 0.589. The van der Waals surface area contributed by atoms with E-state index in [1.165, 1.54) is 22.3 Å². The van der Waals surface area contributed by atoms with Gasteiger partial charge >= 0.3 is 0 Å². The summed E-state index contributed by atoms with van der Waals surface area (Å²) in [7, 11) is -3.95. The third kappa shape index (κ3) is 3.31. The van der Waals surface area contributed by atoms with E-state index in [0.717, 1.165) is 27.4 Å². The SMILES string of the molecule is Nc1ncc2cc(-c3cccc4c3ccn4S(=O)(=O)c3cc(Cl)ccc3Cl)ccc2n1. The van der Waals surface area contributed by atoms with Gasteiger partial charge in [0.25, 0.3) is 10.0 Å². The summed E-state index contributed by atoms with van der Waals surface area (Å²) < 4.78 is 27.9. The monoisotopic (exact) mass is 468 g/mol. The molecule has 0 unspecified atom stereocenters. The molecular weight excluding hydrogens is 455 g/mol. The van der Waals surface area contributed by atoms with Crippen molar-refractivity contribution in [1.29, 1.82) is 0 Å². The normalized spacial score (nSPS) is 11.9. The van der Waals surface area contributed by atoms with Gasteiger partial charge in [0, 0.05) is 28.2 Å². The number of nitrogens with two attached hydrogens (primary N) is 1. The van der Waals surface area contributed by atoms with Crippen LogP contribution in [0.4, 0.5) is 5.95 Å². The number of rotatable bonds is 3. The molecule has 5 rings (SSSR count). The molecule has 5 aromatic rings. The number of halogens is 2. The Morgan fingerprint density at radius 1 is 0.968 bits per heavy atom. The van der Waals surface area contributed by atoms with Crippen LogP contribution in [-0.4, -0.2) is 22.4 Å². The van der Waals surface area contributed by atoms with E-state index in [0.29, 0.717) is 10.5 Å². The van der Waals surface area contributed by atoms with Crippen LogP contribution in [0, 0.1) is 0 Å². The van der Waals surface area contributed by atoms with Crippen LogP contribution in [0.1, 0.15) is 0 Å². The fourth-order valence-electron chi connectivity index (χ4n) is 3.60. The Morgan fingerprint density at radius 3 is 2.65 bits per heavy atom. The van der Waals surface area contributed by atoms with E-state index in [2.05, 4.69) is 9.97 Å². The van der Waals surface area contributed by atoms with Gasteiger partial charge in [-0.2, -0.15) is 0 Å². The van der Waals surface area contributed by atoms with E-state index in [1.807, 2.05) is 30.3 Å². The first-order chi connectivity index (χ1) is 14.8. The summed E-state index contributed by atoms with van der Waals surface area (Å²) in [6, 6.07) is 17.4. The van der Waals surface area contributed by atoms with Crippen LogP contribution in [0.25, 0.3) is 32.9 Å². The molecular formula is C22H14Cl2N4O2S. The molecule has 0 aliphatic heterocycles. The number of anilines is 1. The van der Waals surface area contributed by atoms with Crippen LogP contribution in [-0.2, 0) is 10.0 Å². The summed E-state index contributed by atoms with van der Waals surface area (Å²) in [5, 5.41) is 2.01. The zero-order valence-corrected chi connectivity index (χ0v) is 18.2. The number of hydrogen-bond donors (Lipinski definition) is 1. The van der Waals surface area contributed by atoms with Crippen molar-refractivity contribution < 1.29 is 8.42 Å². The molecule has 0 bridgehead atoms. The molecule has 3 aromatic carbocycles. The minimum absolute atomic E-state index is 0.0509. The Labute approximate surface area is 187 Å². The predicted octanol–water partition coefficient (Wildman–Crippen LogP) is 5.38. The lowest BCUT2D eigenvalue weighted by atomic mass is 10.0. The average molecular weight is 469 g/mol. The van der Waals surface area contributed by atoms with E-state index in [1.54, 1.807) is 24.4 Å². The smallest absolute Gasteiger partial charge is 0.269 e. The molecule has 2 aromatic heterocycles. The van der Waals surface area contributed by atoms with Crippen molar-refractivity contribution in [2.24, 2.45) is 0 Å². The van der Waals surface area contributed by atoms with Crippen molar-refractivity contribution in [3.8, 4) is 11.1 Å². The highest BCUT2D eigenvalue weighted by Gasteiger charge is 2.23. The van der Waals surface area contributed by atoms with Crippen LogP contribution in [0.3, 0.4) is 0 Å². The maximum atomic E-state index is 13.3. The van der Waals surface area contributed by atoms with Gasteiger partial charge in [-0.3, -0.25) is 0 Å². The Hall–Kier alpha value is -3.13. The summed E-state index contributed by atoms with van der Waals surface area (Å²) in [6.07, 6.45) is 3.18. The predicted molar refractivity (Wildman–Crippen MR) is 124 cm³/mol. The lowest BCUT2D eigenvalue weighted by Gasteiger charge is -2.11. The third-order valence-electron chi connectivity index (χ3n) is 5.04. The molecule has 9 heteroatoms. The van der Waals surface area contributed by atoms with Crippen molar-refractivity contribution in [3.05, 3.63) is 83.1 Å². The van der Waals surface area contributed by atoms with Crippen molar-refractivity contribution in [1.82, 2.24) is 13.9 Å². The van der Waals surface area contributed by atoms with Gasteiger partial charge in [0.05, 0.1) is 16.1 Å². The molecule has 0 saturated carbocycles. The quantitative estimate of drug-likeness (QED) is 0.383. The Balaban J connectivity index is 1.69. The second kappa shape index (κ2) is 7.23. The molecule has 154 valence electrons. The lowest BCUT2D eigenvalue weighted by Crippen LogP contribution is -2.12. The first kappa shape index (κ1) is 19.8. The summed E-state index contributed by atoms with van der Waals surface area (Å²) >= 11 is 12.2. The molecule has 0 fully saturated rings. The third-order valence-corrected chi connectivity index (χ3v) is 7.44.